The molecule has 2 rings (SSSR count). The summed E-state index contributed by atoms with van der Waals surface area (Å²) in [7, 11) is 2.14. The van der Waals surface area contributed by atoms with Crippen LogP contribution in [0.4, 0.5) is 0 Å². The van der Waals surface area contributed by atoms with E-state index in [1.807, 2.05) is 12.1 Å². The molecular weight excluding hydrogens is 288 g/mol. The highest BCUT2D eigenvalue weighted by Crippen LogP contribution is 2.22. The van der Waals surface area contributed by atoms with E-state index in [0.29, 0.717) is 6.54 Å². The van der Waals surface area contributed by atoms with Gasteiger partial charge in [0.1, 0.15) is 0 Å². The van der Waals surface area contributed by atoms with Crippen LogP contribution in [0.1, 0.15) is 18.1 Å². The molecule has 0 aliphatic rings. The largest absolute Gasteiger partial charge is 0.329 e. The number of likely N-dealkylation sites (N-methyl/N-ethyl adjacent to an activating group) is 1. The van der Waals surface area contributed by atoms with Crippen molar-refractivity contribution in [2.75, 3.05) is 13.6 Å². The fourth-order valence-corrected chi connectivity index (χ4v) is 3.04. The van der Waals surface area contributed by atoms with Crippen LogP contribution in [0.15, 0.2) is 41.1 Å². The molecule has 108 valence electrons. The zero-order chi connectivity index (χ0) is 14.6. The normalized spacial score (nSPS) is 14.4. The molecule has 1 heterocycles. The van der Waals surface area contributed by atoms with Crippen LogP contribution in [0.25, 0.3) is 0 Å². The molecule has 2 N–H and O–H groups in total. The van der Waals surface area contributed by atoms with E-state index in [2.05, 4.69) is 47.8 Å². The third-order valence-electron chi connectivity index (χ3n) is 3.86. The highest BCUT2D eigenvalue weighted by atomic mass is 35.5. The van der Waals surface area contributed by atoms with Gasteiger partial charge in [-0.2, -0.15) is 11.3 Å². The van der Waals surface area contributed by atoms with Crippen molar-refractivity contribution >= 4 is 22.9 Å². The molecule has 1 aromatic carbocycles. The van der Waals surface area contributed by atoms with Crippen molar-refractivity contribution in [3.05, 3.63) is 57.2 Å². The predicted molar refractivity (Wildman–Crippen MR) is 88.4 cm³/mol. The van der Waals surface area contributed by atoms with Crippen LogP contribution < -0.4 is 5.73 Å². The number of hydrogen-bond donors (Lipinski definition) is 1. The summed E-state index contributed by atoms with van der Waals surface area (Å²) in [5.41, 5.74) is 8.59. The average Bonchev–Trinajstić information content (AvgIpc) is 2.94. The van der Waals surface area contributed by atoms with Gasteiger partial charge in [-0.3, -0.25) is 4.90 Å². The van der Waals surface area contributed by atoms with Gasteiger partial charge in [-0.25, -0.2) is 0 Å². The summed E-state index contributed by atoms with van der Waals surface area (Å²) in [6.07, 6.45) is 0.918. The molecule has 0 saturated heterocycles. The molecule has 2 nitrogen and oxygen atoms in total. The molecule has 0 spiro atoms. The quantitative estimate of drug-likeness (QED) is 0.879. The molecule has 0 fully saturated rings. The maximum Gasteiger partial charge on any atom is 0.0406 e. The average molecular weight is 309 g/mol. The number of hydrogen-bond acceptors (Lipinski definition) is 3. The Kier molecular flexibility index (Phi) is 5.22. The molecule has 4 heteroatoms. The van der Waals surface area contributed by atoms with Gasteiger partial charge >= 0.3 is 0 Å². The second-order valence-electron chi connectivity index (χ2n) is 5.49. The van der Waals surface area contributed by atoms with Gasteiger partial charge < -0.3 is 5.73 Å². The highest BCUT2D eigenvalue weighted by Gasteiger charge is 2.28. The van der Waals surface area contributed by atoms with E-state index < -0.39 is 0 Å². The number of halogens is 1. The van der Waals surface area contributed by atoms with Crippen molar-refractivity contribution < 1.29 is 0 Å². The fraction of sp³-hybridized carbons (Fsp3) is 0.375. The van der Waals surface area contributed by atoms with Crippen molar-refractivity contribution in [3.63, 3.8) is 0 Å². The summed E-state index contributed by atoms with van der Waals surface area (Å²) >= 11 is 7.67. The third kappa shape index (κ3) is 3.83. The van der Waals surface area contributed by atoms with Gasteiger partial charge in [0.15, 0.2) is 0 Å². The van der Waals surface area contributed by atoms with E-state index in [4.69, 9.17) is 17.3 Å². The maximum atomic E-state index is 6.05. The molecule has 1 atom stereocenters. The van der Waals surface area contributed by atoms with E-state index in [1.54, 1.807) is 11.3 Å². The number of thiophene rings is 1. The van der Waals surface area contributed by atoms with Crippen LogP contribution >= 0.6 is 22.9 Å². The van der Waals surface area contributed by atoms with Crippen molar-refractivity contribution in [1.82, 2.24) is 4.90 Å². The summed E-state index contributed by atoms with van der Waals surface area (Å²) < 4.78 is 0. The minimum absolute atomic E-state index is 0.0598. The van der Waals surface area contributed by atoms with Gasteiger partial charge in [0.25, 0.3) is 0 Å². The van der Waals surface area contributed by atoms with E-state index >= 15 is 0 Å². The van der Waals surface area contributed by atoms with Crippen LogP contribution in [0.5, 0.6) is 0 Å². The van der Waals surface area contributed by atoms with Crippen LogP contribution in [-0.2, 0) is 13.0 Å². The molecule has 0 bridgehead atoms. The van der Waals surface area contributed by atoms with E-state index in [1.165, 1.54) is 11.1 Å². The van der Waals surface area contributed by atoms with Gasteiger partial charge in [-0.1, -0.05) is 23.7 Å². The first-order chi connectivity index (χ1) is 9.53. The number of nitrogens with zero attached hydrogens (tertiary/aromatic N) is 1. The fourth-order valence-electron chi connectivity index (χ4n) is 2.25. The smallest absolute Gasteiger partial charge is 0.0406 e. The standard InChI is InChI=1S/C16H21ClN2S/c1-16(12-18,9-13-3-5-15(17)6-4-13)19(2)10-14-7-8-20-11-14/h3-8,11H,9-10,12,18H2,1-2H3. The maximum absolute atomic E-state index is 6.05. The molecule has 2 aromatic rings. The number of nitrogens with two attached hydrogens (primary N) is 1. The van der Waals surface area contributed by atoms with Crippen molar-refractivity contribution in [2.45, 2.75) is 25.4 Å². The van der Waals surface area contributed by atoms with Gasteiger partial charge in [-0.05, 0) is 60.5 Å². The number of rotatable bonds is 6. The molecule has 1 aromatic heterocycles. The summed E-state index contributed by atoms with van der Waals surface area (Å²) in [5.74, 6) is 0. The first-order valence-corrected chi connectivity index (χ1v) is 8.02. The summed E-state index contributed by atoms with van der Waals surface area (Å²) in [5, 5.41) is 5.08. The van der Waals surface area contributed by atoms with E-state index in [-0.39, 0.29) is 5.54 Å². The molecule has 0 aliphatic carbocycles. The molecular formula is C16H21ClN2S. The van der Waals surface area contributed by atoms with Crippen LogP contribution in [0, 0.1) is 0 Å². The lowest BCUT2D eigenvalue weighted by atomic mass is 9.91. The molecule has 0 saturated carbocycles. The van der Waals surface area contributed by atoms with Crippen LogP contribution in [-0.4, -0.2) is 24.0 Å². The molecule has 0 amide bonds. The second kappa shape index (κ2) is 6.72. The van der Waals surface area contributed by atoms with Crippen LogP contribution in [0.2, 0.25) is 5.02 Å². The van der Waals surface area contributed by atoms with Gasteiger partial charge in [0.2, 0.25) is 0 Å². The Hall–Kier alpha value is -0.870. The van der Waals surface area contributed by atoms with Gasteiger partial charge in [0, 0.05) is 23.7 Å². The first-order valence-electron chi connectivity index (χ1n) is 6.70. The van der Waals surface area contributed by atoms with E-state index in [0.717, 1.165) is 18.0 Å². The summed E-state index contributed by atoms with van der Waals surface area (Å²) in [4.78, 5) is 2.34. The minimum Gasteiger partial charge on any atom is -0.329 e. The molecule has 0 radical (unpaired) electrons. The zero-order valence-corrected chi connectivity index (χ0v) is 13.5. The van der Waals surface area contributed by atoms with Gasteiger partial charge in [0.05, 0.1) is 0 Å². The SMILES string of the molecule is CN(Cc1ccsc1)C(C)(CN)Cc1ccc(Cl)cc1. The molecule has 20 heavy (non-hydrogen) atoms. The third-order valence-corrected chi connectivity index (χ3v) is 4.84. The second-order valence-corrected chi connectivity index (χ2v) is 6.71. The summed E-state index contributed by atoms with van der Waals surface area (Å²) in [6, 6.07) is 10.2. The Morgan fingerprint density at radius 1 is 1.20 bits per heavy atom. The lowest BCUT2D eigenvalue weighted by molar-refractivity contribution is 0.136. The topological polar surface area (TPSA) is 29.3 Å². The Morgan fingerprint density at radius 3 is 2.45 bits per heavy atom. The van der Waals surface area contributed by atoms with Crippen molar-refractivity contribution in [2.24, 2.45) is 5.73 Å². The first kappa shape index (κ1) is 15.5. The highest BCUT2D eigenvalue weighted by molar-refractivity contribution is 7.07. The summed E-state index contributed by atoms with van der Waals surface area (Å²) in [6.45, 7) is 3.76. The lowest BCUT2D eigenvalue weighted by Gasteiger charge is -2.38. The van der Waals surface area contributed by atoms with Crippen LogP contribution in [0.3, 0.4) is 0 Å². The Labute approximate surface area is 130 Å². The predicted octanol–water partition coefficient (Wildman–Crippen LogP) is 3.79. The minimum atomic E-state index is -0.0598. The van der Waals surface area contributed by atoms with Gasteiger partial charge in [-0.15, -0.1) is 0 Å². The Morgan fingerprint density at radius 2 is 1.90 bits per heavy atom. The Bertz CT molecular complexity index is 524. The van der Waals surface area contributed by atoms with Crippen molar-refractivity contribution in [1.29, 1.82) is 0 Å². The van der Waals surface area contributed by atoms with Crippen molar-refractivity contribution in [3.8, 4) is 0 Å². The molecule has 1 unspecified atom stereocenters. The van der Waals surface area contributed by atoms with E-state index in [9.17, 15) is 0 Å². The number of benzene rings is 1. The molecule has 0 aliphatic heterocycles. The lowest BCUT2D eigenvalue weighted by Crippen LogP contribution is -2.50. The monoisotopic (exact) mass is 308 g/mol. The Balaban J connectivity index is 2.09. The zero-order valence-electron chi connectivity index (χ0n) is 12.0.